The van der Waals surface area contributed by atoms with Gasteiger partial charge in [0.05, 0.1) is 19.3 Å². The molecule has 4 nitrogen and oxygen atoms in total. The molecule has 0 unspecified atom stereocenters. The molecule has 0 aliphatic rings. The summed E-state index contributed by atoms with van der Waals surface area (Å²) in [6.45, 7) is 2.04. The number of carbonyl (C=O) groups is 1. The summed E-state index contributed by atoms with van der Waals surface area (Å²) in [7, 11) is 1.57. The van der Waals surface area contributed by atoms with Gasteiger partial charge in [-0.3, -0.25) is 0 Å². The zero-order chi connectivity index (χ0) is 13.1. The van der Waals surface area contributed by atoms with Crippen molar-refractivity contribution in [3.63, 3.8) is 0 Å². The zero-order valence-corrected chi connectivity index (χ0v) is 10.3. The van der Waals surface area contributed by atoms with Gasteiger partial charge in [-0.05, 0) is 42.6 Å². The molecule has 2 rings (SSSR count). The summed E-state index contributed by atoms with van der Waals surface area (Å²) in [5, 5.41) is 11.3. The van der Waals surface area contributed by atoms with E-state index in [9.17, 15) is 9.90 Å². The van der Waals surface area contributed by atoms with Gasteiger partial charge in [0.1, 0.15) is 11.5 Å². The molecule has 0 saturated carbocycles. The molecule has 0 radical (unpaired) electrons. The fraction of sp³-hybridized carbons (Fsp3) is 0.214. The summed E-state index contributed by atoms with van der Waals surface area (Å²) in [4.78, 5) is 11.6. The van der Waals surface area contributed by atoms with Crippen LogP contribution in [0.4, 0.5) is 0 Å². The number of esters is 1. The molecular formula is C14H14O4. The number of carbonyl (C=O) groups excluding carboxylic acids is 1. The number of aromatic hydroxyl groups is 1. The second-order valence-electron chi connectivity index (χ2n) is 3.80. The average Bonchev–Trinajstić information content (AvgIpc) is 2.38. The monoisotopic (exact) mass is 246 g/mol. The number of methoxy groups -OCH3 is 1. The smallest absolute Gasteiger partial charge is 0.338 e. The van der Waals surface area contributed by atoms with Crippen LogP contribution in [0.25, 0.3) is 10.8 Å². The second-order valence-corrected chi connectivity index (χ2v) is 3.80. The van der Waals surface area contributed by atoms with Crippen LogP contribution in [0.2, 0.25) is 0 Å². The first-order valence-corrected chi connectivity index (χ1v) is 5.63. The van der Waals surface area contributed by atoms with Gasteiger partial charge < -0.3 is 14.6 Å². The Morgan fingerprint density at radius 2 is 2.06 bits per heavy atom. The fourth-order valence-electron chi connectivity index (χ4n) is 1.79. The van der Waals surface area contributed by atoms with Crippen LogP contribution in [-0.4, -0.2) is 24.8 Å². The largest absolute Gasteiger partial charge is 0.507 e. The minimum atomic E-state index is -0.447. The first-order chi connectivity index (χ1) is 8.65. The fourth-order valence-corrected chi connectivity index (χ4v) is 1.79. The molecule has 0 aromatic heterocycles. The molecule has 0 aliphatic carbocycles. The summed E-state index contributed by atoms with van der Waals surface area (Å²) < 4.78 is 10.0. The van der Waals surface area contributed by atoms with Gasteiger partial charge >= 0.3 is 5.97 Å². The van der Waals surface area contributed by atoms with Crippen molar-refractivity contribution in [1.82, 2.24) is 0 Å². The van der Waals surface area contributed by atoms with Crippen molar-refractivity contribution in [2.24, 2.45) is 0 Å². The van der Waals surface area contributed by atoms with Crippen molar-refractivity contribution in [1.29, 1.82) is 0 Å². The lowest BCUT2D eigenvalue weighted by Crippen LogP contribution is -2.04. The maximum atomic E-state index is 11.6. The number of ether oxygens (including phenoxy) is 2. The highest BCUT2D eigenvalue weighted by Crippen LogP contribution is 2.29. The summed E-state index contributed by atoms with van der Waals surface area (Å²) in [5.41, 5.74) is 0.329. The highest BCUT2D eigenvalue weighted by molar-refractivity contribution is 5.98. The lowest BCUT2D eigenvalue weighted by atomic mass is 10.1. The van der Waals surface area contributed by atoms with E-state index in [0.717, 1.165) is 5.39 Å². The van der Waals surface area contributed by atoms with E-state index in [-0.39, 0.29) is 5.75 Å². The quantitative estimate of drug-likeness (QED) is 0.846. The summed E-state index contributed by atoms with van der Waals surface area (Å²) >= 11 is 0. The molecular weight excluding hydrogens is 232 g/mol. The van der Waals surface area contributed by atoms with Crippen LogP contribution in [0.1, 0.15) is 17.3 Å². The molecule has 0 spiro atoms. The Morgan fingerprint density at radius 1 is 1.28 bits per heavy atom. The molecule has 2 aromatic carbocycles. The van der Waals surface area contributed by atoms with E-state index in [4.69, 9.17) is 9.47 Å². The third-order valence-corrected chi connectivity index (χ3v) is 2.65. The minimum absolute atomic E-state index is 0.0539. The number of phenols is 1. The first-order valence-electron chi connectivity index (χ1n) is 5.63. The number of hydrogen-bond donors (Lipinski definition) is 1. The molecule has 0 heterocycles. The molecule has 4 heteroatoms. The van der Waals surface area contributed by atoms with Crippen LogP contribution >= 0.6 is 0 Å². The maximum Gasteiger partial charge on any atom is 0.338 e. The Hall–Kier alpha value is -2.23. The van der Waals surface area contributed by atoms with Gasteiger partial charge in [0.15, 0.2) is 0 Å². The van der Waals surface area contributed by atoms with Crippen molar-refractivity contribution in [3.05, 3.63) is 35.9 Å². The predicted octanol–water partition coefficient (Wildman–Crippen LogP) is 2.73. The summed E-state index contributed by atoms with van der Waals surface area (Å²) in [5.74, 6) is 0.277. The first kappa shape index (κ1) is 12.2. The summed E-state index contributed by atoms with van der Waals surface area (Å²) in [6, 6.07) is 8.35. The lowest BCUT2D eigenvalue weighted by molar-refractivity contribution is 0.0526. The van der Waals surface area contributed by atoms with Crippen molar-refractivity contribution < 1.29 is 19.4 Å². The van der Waals surface area contributed by atoms with Crippen LogP contribution in [0.5, 0.6) is 11.5 Å². The number of phenolic OH excluding ortho intramolecular Hbond substituents is 1. The third kappa shape index (κ3) is 2.22. The highest BCUT2D eigenvalue weighted by atomic mass is 16.5. The number of hydrogen-bond acceptors (Lipinski definition) is 4. The van der Waals surface area contributed by atoms with Gasteiger partial charge in [-0.25, -0.2) is 4.79 Å². The van der Waals surface area contributed by atoms with Crippen molar-refractivity contribution in [2.75, 3.05) is 13.7 Å². The normalized spacial score (nSPS) is 10.3. The topological polar surface area (TPSA) is 55.8 Å². The highest BCUT2D eigenvalue weighted by Gasteiger charge is 2.11. The van der Waals surface area contributed by atoms with Crippen molar-refractivity contribution in [2.45, 2.75) is 6.92 Å². The minimum Gasteiger partial charge on any atom is -0.507 e. The van der Waals surface area contributed by atoms with E-state index in [1.807, 2.05) is 0 Å². The number of benzene rings is 2. The Kier molecular flexibility index (Phi) is 3.37. The van der Waals surface area contributed by atoms with Gasteiger partial charge in [0, 0.05) is 5.39 Å². The Bertz CT molecular complexity index is 590. The zero-order valence-electron chi connectivity index (χ0n) is 10.3. The van der Waals surface area contributed by atoms with Gasteiger partial charge in [-0.15, -0.1) is 0 Å². The molecule has 18 heavy (non-hydrogen) atoms. The molecule has 94 valence electrons. The summed E-state index contributed by atoms with van der Waals surface area (Å²) in [6.07, 6.45) is 0. The standard InChI is InChI=1S/C14H14O4/c1-3-18-14(16)10-6-9-7-11(17-2)4-5-12(9)13(15)8-10/h4-8,15H,3H2,1-2H3. The maximum absolute atomic E-state index is 11.6. The molecule has 0 atom stereocenters. The molecule has 0 bridgehead atoms. The van der Waals surface area contributed by atoms with E-state index >= 15 is 0 Å². The van der Waals surface area contributed by atoms with Crippen molar-refractivity contribution >= 4 is 16.7 Å². The van der Waals surface area contributed by atoms with Gasteiger partial charge in [-0.2, -0.15) is 0 Å². The van der Waals surface area contributed by atoms with Gasteiger partial charge in [0.2, 0.25) is 0 Å². The number of rotatable bonds is 3. The van der Waals surface area contributed by atoms with E-state index in [1.165, 1.54) is 6.07 Å². The molecule has 2 aromatic rings. The molecule has 0 saturated heterocycles. The van der Waals surface area contributed by atoms with Crippen molar-refractivity contribution in [3.8, 4) is 11.5 Å². The Morgan fingerprint density at radius 3 is 2.72 bits per heavy atom. The van der Waals surface area contributed by atoms with Crippen LogP contribution in [-0.2, 0) is 4.74 Å². The third-order valence-electron chi connectivity index (χ3n) is 2.65. The Labute approximate surface area is 105 Å². The van der Waals surface area contributed by atoms with E-state index in [0.29, 0.717) is 23.3 Å². The Balaban J connectivity index is 2.55. The molecule has 0 aliphatic heterocycles. The van der Waals surface area contributed by atoms with E-state index < -0.39 is 5.97 Å². The van der Waals surface area contributed by atoms with Crippen LogP contribution in [0.15, 0.2) is 30.3 Å². The van der Waals surface area contributed by atoms with Crippen LogP contribution < -0.4 is 4.74 Å². The predicted molar refractivity (Wildman–Crippen MR) is 68.1 cm³/mol. The molecule has 0 fully saturated rings. The SMILES string of the molecule is CCOC(=O)c1cc(O)c2ccc(OC)cc2c1. The van der Waals surface area contributed by atoms with Gasteiger partial charge in [0.25, 0.3) is 0 Å². The van der Waals surface area contributed by atoms with Crippen LogP contribution in [0.3, 0.4) is 0 Å². The number of fused-ring (bicyclic) bond motifs is 1. The van der Waals surface area contributed by atoms with E-state index in [1.54, 1.807) is 38.3 Å². The molecule has 1 N–H and O–H groups in total. The average molecular weight is 246 g/mol. The van der Waals surface area contributed by atoms with E-state index in [2.05, 4.69) is 0 Å². The second kappa shape index (κ2) is 4.96. The van der Waals surface area contributed by atoms with Crippen LogP contribution in [0, 0.1) is 0 Å². The molecule has 0 amide bonds. The van der Waals surface area contributed by atoms with Gasteiger partial charge in [-0.1, -0.05) is 0 Å². The lowest BCUT2D eigenvalue weighted by Gasteiger charge is -2.07.